The molecule has 0 spiro atoms. The van der Waals surface area contributed by atoms with Gasteiger partial charge in [-0.2, -0.15) is 0 Å². The van der Waals surface area contributed by atoms with Crippen LogP contribution in [0.1, 0.15) is 60.3 Å². The summed E-state index contributed by atoms with van der Waals surface area (Å²) in [4.78, 5) is 0. The van der Waals surface area contributed by atoms with E-state index in [4.69, 9.17) is 10.9 Å². The third-order valence-electron chi connectivity index (χ3n) is 2.56. The molecule has 0 amide bonds. The van der Waals surface area contributed by atoms with E-state index in [9.17, 15) is 0 Å². The number of hydrogen-bond donors (Lipinski definition) is 3. The second-order valence-electron chi connectivity index (χ2n) is 6.60. The largest absolute Gasteiger partial charge is 0.409 e. The van der Waals surface area contributed by atoms with Crippen molar-refractivity contribution in [2.24, 2.45) is 16.3 Å². The Morgan fingerprint density at radius 3 is 2.24 bits per heavy atom. The summed E-state index contributed by atoms with van der Waals surface area (Å²) in [5.74, 6) is 0.318. The van der Waals surface area contributed by atoms with Crippen molar-refractivity contribution < 1.29 is 5.21 Å². The molecular formula is C13H29N3O. The Morgan fingerprint density at radius 1 is 1.18 bits per heavy atom. The first-order chi connectivity index (χ1) is 7.66. The number of nitrogens with one attached hydrogen (secondary N) is 1. The van der Waals surface area contributed by atoms with E-state index in [1.807, 2.05) is 0 Å². The summed E-state index contributed by atoms with van der Waals surface area (Å²) in [6.45, 7) is 12.2. The number of nitrogens with zero attached hydrogens (tertiary/aromatic N) is 1. The van der Waals surface area contributed by atoms with Crippen molar-refractivity contribution in [3.05, 3.63) is 0 Å². The van der Waals surface area contributed by atoms with Crippen molar-refractivity contribution in [3.8, 4) is 0 Å². The SMILES string of the molecule is CC(C)(C)CC(C)(C)NCCCCC(N)=NO. The highest BCUT2D eigenvalue weighted by Crippen LogP contribution is 2.26. The van der Waals surface area contributed by atoms with E-state index in [1.54, 1.807) is 0 Å². The molecule has 102 valence electrons. The summed E-state index contributed by atoms with van der Waals surface area (Å²) >= 11 is 0. The van der Waals surface area contributed by atoms with Gasteiger partial charge in [-0.05, 0) is 45.1 Å². The van der Waals surface area contributed by atoms with Crippen molar-refractivity contribution in [2.45, 2.75) is 65.8 Å². The van der Waals surface area contributed by atoms with Crippen LogP contribution in [0.25, 0.3) is 0 Å². The van der Waals surface area contributed by atoms with Crippen molar-refractivity contribution in [3.63, 3.8) is 0 Å². The van der Waals surface area contributed by atoms with Gasteiger partial charge >= 0.3 is 0 Å². The van der Waals surface area contributed by atoms with E-state index in [1.165, 1.54) is 0 Å². The Morgan fingerprint density at radius 2 is 1.76 bits per heavy atom. The van der Waals surface area contributed by atoms with Gasteiger partial charge in [-0.25, -0.2) is 0 Å². The van der Waals surface area contributed by atoms with Gasteiger partial charge in [-0.3, -0.25) is 0 Å². The van der Waals surface area contributed by atoms with Crippen LogP contribution in [0.2, 0.25) is 0 Å². The van der Waals surface area contributed by atoms with Gasteiger partial charge in [0.2, 0.25) is 0 Å². The molecule has 0 bridgehead atoms. The fourth-order valence-corrected chi connectivity index (χ4v) is 2.30. The monoisotopic (exact) mass is 243 g/mol. The van der Waals surface area contributed by atoms with Gasteiger partial charge in [-0.15, -0.1) is 0 Å². The molecule has 0 fully saturated rings. The average molecular weight is 243 g/mol. The molecule has 0 aromatic heterocycles. The number of oxime groups is 1. The first kappa shape index (κ1) is 16.2. The predicted molar refractivity (Wildman–Crippen MR) is 73.4 cm³/mol. The lowest BCUT2D eigenvalue weighted by Gasteiger charge is -2.33. The molecule has 0 heterocycles. The van der Waals surface area contributed by atoms with E-state index in [0.717, 1.165) is 25.8 Å². The van der Waals surface area contributed by atoms with Crippen LogP contribution in [0.15, 0.2) is 5.16 Å². The molecule has 0 saturated heterocycles. The maximum Gasteiger partial charge on any atom is 0.139 e. The van der Waals surface area contributed by atoms with Gasteiger partial charge in [0.15, 0.2) is 0 Å². The van der Waals surface area contributed by atoms with Crippen LogP contribution >= 0.6 is 0 Å². The molecule has 0 rings (SSSR count). The lowest BCUT2D eigenvalue weighted by molar-refractivity contribution is 0.241. The van der Waals surface area contributed by atoms with Crippen molar-refractivity contribution in [1.29, 1.82) is 0 Å². The first-order valence-electron chi connectivity index (χ1n) is 6.38. The zero-order chi connectivity index (χ0) is 13.5. The topological polar surface area (TPSA) is 70.6 Å². The minimum Gasteiger partial charge on any atom is -0.409 e. The first-order valence-corrected chi connectivity index (χ1v) is 6.38. The molecule has 4 heteroatoms. The van der Waals surface area contributed by atoms with Crippen molar-refractivity contribution >= 4 is 5.84 Å². The zero-order valence-corrected chi connectivity index (χ0v) is 12.0. The molecular weight excluding hydrogens is 214 g/mol. The Balaban J connectivity index is 3.73. The lowest BCUT2D eigenvalue weighted by atomic mass is 9.82. The van der Waals surface area contributed by atoms with Gasteiger partial charge in [0, 0.05) is 12.0 Å². The summed E-state index contributed by atoms with van der Waals surface area (Å²) in [6, 6.07) is 0. The van der Waals surface area contributed by atoms with Crippen molar-refractivity contribution in [1.82, 2.24) is 5.32 Å². The van der Waals surface area contributed by atoms with Crippen molar-refractivity contribution in [2.75, 3.05) is 6.54 Å². The number of unbranched alkanes of at least 4 members (excludes halogenated alkanes) is 1. The molecule has 0 atom stereocenters. The second kappa shape index (κ2) is 6.84. The van der Waals surface area contributed by atoms with Gasteiger partial charge in [0.1, 0.15) is 5.84 Å². The minimum atomic E-state index is 0.162. The standard InChI is InChI=1S/C13H29N3O/c1-12(2,3)10-13(4,5)15-9-7-6-8-11(14)16-17/h15,17H,6-10H2,1-5H3,(H2,14,16). The lowest BCUT2D eigenvalue weighted by Crippen LogP contribution is -2.42. The zero-order valence-electron chi connectivity index (χ0n) is 12.0. The van der Waals surface area contributed by atoms with Gasteiger partial charge in [0.25, 0.3) is 0 Å². The summed E-state index contributed by atoms with van der Waals surface area (Å²) < 4.78 is 0. The Labute approximate surface area is 106 Å². The summed E-state index contributed by atoms with van der Waals surface area (Å²) in [5, 5.41) is 14.9. The number of rotatable bonds is 7. The second-order valence-corrected chi connectivity index (χ2v) is 6.60. The maximum atomic E-state index is 8.40. The Bertz CT molecular complexity index is 242. The summed E-state index contributed by atoms with van der Waals surface area (Å²) in [5.41, 5.74) is 5.90. The molecule has 0 aliphatic heterocycles. The predicted octanol–water partition coefficient (Wildman–Crippen LogP) is 2.71. The van der Waals surface area contributed by atoms with Crippen LogP contribution in [0.4, 0.5) is 0 Å². The third-order valence-corrected chi connectivity index (χ3v) is 2.56. The third kappa shape index (κ3) is 10.1. The Kier molecular flexibility index (Phi) is 6.53. The molecule has 0 aromatic carbocycles. The molecule has 0 aliphatic rings. The highest BCUT2D eigenvalue weighted by molar-refractivity contribution is 5.79. The van der Waals surface area contributed by atoms with E-state index in [2.05, 4.69) is 45.1 Å². The molecule has 0 radical (unpaired) electrons. The maximum absolute atomic E-state index is 8.40. The van der Waals surface area contributed by atoms with Crippen LogP contribution < -0.4 is 11.1 Å². The molecule has 4 N–H and O–H groups in total. The molecule has 4 nitrogen and oxygen atoms in total. The smallest absolute Gasteiger partial charge is 0.139 e. The van der Waals surface area contributed by atoms with E-state index in [-0.39, 0.29) is 5.54 Å². The quantitative estimate of drug-likeness (QED) is 0.212. The fourth-order valence-electron chi connectivity index (χ4n) is 2.30. The number of nitrogens with two attached hydrogens (primary N) is 1. The minimum absolute atomic E-state index is 0.162. The summed E-state index contributed by atoms with van der Waals surface area (Å²) in [7, 11) is 0. The van der Waals surface area contributed by atoms with Crippen LogP contribution in [-0.4, -0.2) is 23.1 Å². The van der Waals surface area contributed by atoms with Gasteiger partial charge in [0.05, 0.1) is 0 Å². The van der Waals surface area contributed by atoms with Crippen LogP contribution in [0.3, 0.4) is 0 Å². The van der Waals surface area contributed by atoms with E-state index in [0.29, 0.717) is 17.7 Å². The van der Waals surface area contributed by atoms with E-state index < -0.39 is 0 Å². The summed E-state index contributed by atoms with van der Waals surface area (Å²) in [6.07, 6.45) is 3.80. The number of amidine groups is 1. The Hall–Kier alpha value is -0.770. The molecule has 0 aliphatic carbocycles. The average Bonchev–Trinajstić information content (AvgIpc) is 2.12. The molecule has 0 saturated carbocycles. The van der Waals surface area contributed by atoms with Crippen LogP contribution in [0, 0.1) is 5.41 Å². The van der Waals surface area contributed by atoms with Gasteiger partial charge in [-0.1, -0.05) is 25.9 Å². The fraction of sp³-hybridized carbons (Fsp3) is 0.923. The highest BCUT2D eigenvalue weighted by Gasteiger charge is 2.24. The van der Waals surface area contributed by atoms with E-state index >= 15 is 0 Å². The number of hydrogen-bond acceptors (Lipinski definition) is 3. The molecule has 17 heavy (non-hydrogen) atoms. The van der Waals surface area contributed by atoms with Gasteiger partial charge < -0.3 is 16.3 Å². The highest BCUT2D eigenvalue weighted by atomic mass is 16.4. The molecule has 0 unspecified atom stereocenters. The molecule has 0 aromatic rings. The van der Waals surface area contributed by atoms with Crippen LogP contribution in [0.5, 0.6) is 0 Å². The van der Waals surface area contributed by atoms with Crippen LogP contribution in [-0.2, 0) is 0 Å². The normalized spacial score (nSPS) is 14.1.